The van der Waals surface area contributed by atoms with E-state index in [1.165, 1.54) is 0 Å². The van der Waals surface area contributed by atoms with Crippen LogP contribution >= 0.6 is 0 Å². The zero-order valence-electron chi connectivity index (χ0n) is 17.3. The summed E-state index contributed by atoms with van der Waals surface area (Å²) in [4.78, 5) is 0. The average Bonchev–Trinajstić information content (AvgIpc) is 2.61. The van der Waals surface area contributed by atoms with Crippen molar-refractivity contribution in [2.45, 2.75) is 60.0 Å². The first-order chi connectivity index (χ1) is 13.0. The fraction of sp³-hybridized carbons (Fsp3) is 0.478. The molecule has 0 aliphatic rings. The number of hydrogen-bond donors (Lipinski definition) is 0. The van der Waals surface area contributed by atoms with E-state index in [1.807, 2.05) is 77.9 Å². The maximum atomic E-state index is 6.12. The quantitative estimate of drug-likeness (QED) is 0.479. The summed E-state index contributed by atoms with van der Waals surface area (Å²) in [7, 11) is 0. The maximum Gasteiger partial charge on any atom is 0.184 e. The van der Waals surface area contributed by atoms with Crippen LogP contribution in [0.5, 0.6) is 11.5 Å². The largest absolute Gasteiger partial charge is 0.490 e. The van der Waals surface area contributed by atoms with Crippen LogP contribution in [0.25, 0.3) is 11.1 Å². The molecule has 0 aromatic heterocycles. The number of ether oxygens (including phenoxy) is 4. The van der Waals surface area contributed by atoms with Gasteiger partial charge in [0, 0.05) is 18.8 Å². The lowest BCUT2D eigenvalue weighted by Crippen LogP contribution is -2.13. The van der Waals surface area contributed by atoms with E-state index in [9.17, 15) is 0 Å². The van der Waals surface area contributed by atoms with Gasteiger partial charge in [-0.1, -0.05) is 30.3 Å². The Morgan fingerprint density at radius 1 is 0.704 bits per heavy atom. The normalized spacial score (nSPS) is 11.4. The van der Waals surface area contributed by atoms with Crippen LogP contribution in [0.3, 0.4) is 0 Å². The first-order valence-corrected chi connectivity index (χ1v) is 9.76. The monoisotopic (exact) mass is 372 g/mol. The summed E-state index contributed by atoms with van der Waals surface area (Å²) in [6.07, 6.45) is -0.324. The molecule has 4 nitrogen and oxygen atoms in total. The van der Waals surface area contributed by atoms with Crippen LogP contribution in [-0.2, 0) is 9.47 Å². The average molecular weight is 373 g/mol. The molecular formula is C23H32O4. The van der Waals surface area contributed by atoms with Crippen molar-refractivity contribution >= 4 is 0 Å². The van der Waals surface area contributed by atoms with Gasteiger partial charge in [-0.3, -0.25) is 0 Å². The van der Waals surface area contributed by atoms with E-state index in [0.717, 1.165) is 28.2 Å². The summed E-state index contributed by atoms with van der Waals surface area (Å²) < 4.78 is 24.0. The Bertz CT molecular complexity index is 675. The predicted molar refractivity (Wildman–Crippen MR) is 109 cm³/mol. The topological polar surface area (TPSA) is 36.9 Å². The lowest BCUT2D eigenvalue weighted by Gasteiger charge is -2.24. The lowest BCUT2D eigenvalue weighted by molar-refractivity contribution is -0.139. The van der Waals surface area contributed by atoms with Gasteiger partial charge >= 0.3 is 0 Å². The fourth-order valence-electron chi connectivity index (χ4n) is 2.94. The Hall–Kier alpha value is -2.04. The number of hydrogen-bond acceptors (Lipinski definition) is 4. The molecule has 0 aliphatic carbocycles. The van der Waals surface area contributed by atoms with Gasteiger partial charge < -0.3 is 18.9 Å². The third kappa shape index (κ3) is 5.72. The molecule has 0 spiro atoms. The molecule has 0 aliphatic heterocycles. The molecule has 0 fully saturated rings. The van der Waals surface area contributed by atoms with E-state index in [0.29, 0.717) is 13.2 Å². The molecule has 0 atom stereocenters. The first kappa shape index (κ1) is 21.3. The van der Waals surface area contributed by atoms with Gasteiger partial charge in [0.2, 0.25) is 0 Å². The Labute approximate surface area is 163 Å². The summed E-state index contributed by atoms with van der Waals surface area (Å²) >= 11 is 0. The maximum absolute atomic E-state index is 6.12. The third-order valence-corrected chi connectivity index (χ3v) is 3.83. The molecule has 2 aromatic carbocycles. The van der Waals surface area contributed by atoms with Crippen LogP contribution in [0.2, 0.25) is 0 Å². The molecule has 0 N–H and O–H groups in total. The smallest absolute Gasteiger partial charge is 0.184 e. The van der Waals surface area contributed by atoms with Crippen molar-refractivity contribution in [3.05, 3.63) is 48.0 Å². The summed E-state index contributed by atoms with van der Waals surface area (Å²) in [6.45, 7) is 13.2. The van der Waals surface area contributed by atoms with E-state index in [2.05, 4.69) is 6.07 Å². The van der Waals surface area contributed by atoms with Crippen molar-refractivity contribution in [3.8, 4) is 22.6 Å². The van der Waals surface area contributed by atoms with Gasteiger partial charge in [0.15, 0.2) is 6.29 Å². The summed E-state index contributed by atoms with van der Waals surface area (Å²) in [5.74, 6) is 1.59. The van der Waals surface area contributed by atoms with E-state index in [4.69, 9.17) is 18.9 Å². The van der Waals surface area contributed by atoms with Crippen LogP contribution in [0.1, 0.15) is 53.4 Å². The first-order valence-electron chi connectivity index (χ1n) is 9.76. The third-order valence-electron chi connectivity index (χ3n) is 3.83. The minimum absolute atomic E-state index is 0.0554. The van der Waals surface area contributed by atoms with Crippen molar-refractivity contribution in [2.24, 2.45) is 0 Å². The number of rotatable bonds is 10. The zero-order chi connectivity index (χ0) is 19.8. The highest BCUT2D eigenvalue weighted by Gasteiger charge is 2.22. The molecule has 148 valence electrons. The van der Waals surface area contributed by atoms with Crippen LogP contribution in [-0.4, -0.2) is 25.4 Å². The molecule has 0 saturated heterocycles. The van der Waals surface area contributed by atoms with Crippen molar-refractivity contribution in [1.29, 1.82) is 0 Å². The summed E-state index contributed by atoms with van der Waals surface area (Å²) in [6, 6.07) is 14.0. The lowest BCUT2D eigenvalue weighted by atomic mass is 9.97. The van der Waals surface area contributed by atoms with Gasteiger partial charge in [0.1, 0.15) is 11.5 Å². The van der Waals surface area contributed by atoms with Crippen molar-refractivity contribution in [3.63, 3.8) is 0 Å². The molecule has 2 rings (SSSR count). The van der Waals surface area contributed by atoms with E-state index < -0.39 is 6.29 Å². The zero-order valence-corrected chi connectivity index (χ0v) is 17.3. The van der Waals surface area contributed by atoms with Gasteiger partial charge in [-0.25, -0.2) is 0 Å². The molecule has 0 unspecified atom stereocenters. The van der Waals surface area contributed by atoms with Gasteiger partial charge in [0.25, 0.3) is 0 Å². The highest BCUT2D eigenvalue weighted by Crippen LogP contribution is 2.43. The predicted octanol–water partition coefficient (Wildman–Crippen LogP) is 6.00. The second kappa shape index (κ2) is 10.3. The van der Waals surface area contributed by atoms with Crippen molar-refractivity contribution < 1.29 is 18.9 Å². The molecule has 0 saturated carbocycles. The minimum Gasteiger partial charge on any atom is -0.490 e. The van der Waals surface area contributed by atoms with Gasteiger partial charge in [-0.05, 0) is 59.2 Å². The van der Waals surface area contributed by atoms with Crippen LogP contribution in [0, 0.1) is 0 Å². The molecule has 4 heteroatoms. The Balaban J connectivity index is 2.65. The van der Waals surface area contributed by atoms with Crippen LogP contribution in [0.4, 0.5) is 0 Å². The highest BCUT2D eigenvalue weighted by atomic mass is 16.7. The molecule has 0 heterocycles. The molecule has 0 radical (unpaired) electrons. The van der Waals surface area contributed by atoms with Gasteiger partial charge in [0.05, 0.1) is 17.8 Å². The number of benzene rings is 2. The molecule has 27 heavy (non-hydrogen) atoms. The minimum atomic E-state index is -0.435. The molecular weight excluding hydrogens is 340 g/mol. The van der Waals surface area contributed by atoms with E-state index in [-0.39, 0.29) is 12.2 Å². The van der Waals surface area contributed by atoms with Crippen LogP contribution in [0.15, 0.2) is 42.5 Å². The van der Waals surface area contributed by atoms with Gasteiger partial charge in [-0.15, -0.1) is 0 Å². The van der Waals surface area contributed by atoms with E-state index in [1.54, 1.807) is 0 Å². The second-order valence-corrected chi connectivity index (χ2v) is 6.79. The van der Waals surface area contributed by atoms with Gasteiger partial charge in [-0.2, -0.15) is 0 Å². The van der Waals surface area contributed by atoms with Crippen molar-refractivity contribution in [2.75, 3.05) is 13.2 Å². The van der Waals surface area contributed by atoms with E-state index >= 15 is 0 Å². The highest BCUT2D eigenvalue weighted by molar-refractivity contribution is 5.79. The second-order valence-electron chi connectivity index (χ2n) is 6.79. The Kier molecular flexibility index (Phi) is 8.14. The summed E-state index contributed by atoms with van der Waals surface area (Å²) in [5.41, 5.74) is 2.89. The standard InChI is InChI=1S/C23H32O4/c1-7-24-23(25-8-2)19-13-10-9-12-18(19)22-20(26-16(3)4)14-11-15-21(22)27-17(5)6/h9-17,23H,7-8H2,1-6H3. The molecule has 2 aromatic rings. The van der Waals surface area contributed by atoms with Crippen LogP contribution < -0.4 is 9.47 Å². The molecule has 0 bridgehead atoms. The fourth-order valence-corrected chi connectivity index (χ4v) is 2.94. The Morgan fingerprint density at radius 3 is 1.70 bits per heavy atom. The SMILES string of the molecule is CCOC(OCC)c1ccccc1-c1c(OC(C)C)cccc1OC(C)C. The van der Waals surface area contributed by atoms with Crippen molar-refractivity contribution in [1.82, 2.24) is 0 Å². The molecule has 0 amide bonds. The Morgan fingerprint density at radius 2 is 1.22 bits per heavy atom. The summed E-state index contributed by atoms with van der Waals surface area (Å²) in [5, 5.41) is 0.